The maximum absolute atomic E-state index is 12.8. The molecule has 4 aromatic rings. The fraction of sp³-hybridized carbons (Fsp3) is 0.0909. The average molecular weight is 473 g/mol. The lowest BCUT2D eigenvalue weighted by Crippen LogP contribution is -2.17. The molecule has 1 aliphatic rings. The van der Waals surface area contributed by atoms with E-state index in [1.165, 1.54) is 12.1 Å². The number of aromatic nitrogens is 1. The first kappa shape index (κ1) is 20.9. The summed E-state index contributed by atoms with van der Waals surface area (Å²) in [5.74, 6) is 0.413. The molecule has 0 saturated heterocycles. The zero-order valence-corrected chi connectivity index (χ0v) is 17.4. The largest absolute Gasteiger partial charge is 0.573 e. The summed E-state index contributed by atoms with van der Waals surface area (Å²) in [4.78, 5) is 18.2. The van der Waals surface area contributed by atoms with Gasteiger partial charge in [-0.3, -0.25) is 4.79 Å². The number of hydrogen-bond acceptors (Lipinski definition) is 7. The summed E-state index contributed by atoms with van der Waals surface area (Å²) >= 11 is 1.12. The molecule has 0 unspecified atom stereocenters. The first-order chi connectivity index (χ1) is 15.8. The van der Waals surface area contributed by atoms with Crippen LogP contribution in [-0.4, -0.2) is 24.0 Å². The van der Waals surface area contributed by atoms with E-state index < -0.39 is 12.3 Å². The minimum absolute atomic E-state index is 0.170. The Morgan fingerprint density at radius 3 is 2.58 bits per heavy atom. The van der Waals surface area contributed by atoms with Gasteiger partial charge in [0.15, 0.2) is 11.5 Å². The molecule has 0 atom stereocenters. The zero-order chi connectivity index (χ0) is 23.2. The van der Waals surface area contributed by atoms with Crippen LogP contribution in [0, 0.1) is 0 Å². The van der Waals surface area contributed by atoms with E-state index in [-0.39, 0.29) is 23.1 Å². The molecule has 0 spiro atoms. The number of anilines is 2. The number of amides is 1. The molecule has 1 amide bonds. The number of hydrogen-bond donors (Lipinski definition) is 2. The number of alkyl halides is 3. The van der Waals surface area contributed by atoms with E-state index in [1.54, 1.807) is 18.2 Å². The molecule has 0 fully saturated rings. The predicted octanol–water partition coefficient (Wildman–Crippen LogP) is 5.43. The van der Waals surface area contributed by atoms with Gasteiger partial charge >= 0.3 is 6.36 Å². The van der Waals surface area contributed by atoms with Gasteiger partial charge in [0.05, 0.1) is 11.4 Å². The molecule has 7 nitrogen and oxygen atoms in total. The maximum Gasteiger partial charge on any atom is 0.573 e. The topological polar surface area (TPSA) is 95.7 Å². The monoisotopic (exact) mass is 473 g/mol. The highest BCUT2D eigenvalue weighted by Crippen LogP contribution is 2.38. The predicted molar refractivity (Wildman–Crippen MR) is 117 cm³/mol. The van der Waals surface area contributed by atoms with Gasteiger partial charge in [0.1, 0.15) is 15.5 Å². The van der Waals surface area contributed by atoms with Crippen LogP contribution in [0.4, 0.5) is 24.5 Å². The summed E-state index contributed by atoms with van der Waals surface area (Å²) in [6.45, 7) is 0.170. The van der Waals surface area contributed by atoms with E-state index in [4.69, 9.17) is 15.2 Å². The lowest BCUT2D eigenvalue weighted by molar-refractivity contribution is -0.274. The number of carbonyl (C=O) groups excluding carboxylic acids is 1. The van der Waals surface area contributed by atoms with E-state index in [1.807, 2.05) is 12.1 Å². The third-order valence-electron chi connectivity index (χ3n) is 4.81. The second-order valence-electron chi connectivity index (χ2n) is 6.99. The first-order valence-electron chi connectivity index (χ1n) is 9.53. The minimum Gasteiger partial charge on any atom is -0.454 e. The average Bonchev–Trinajstić information content (AvgIpc) is 3.37. The van der Waals surface area contributed by atoms with Gasteiger partial charge in [0.25, 0.3) is 5.91 Å². The lowest BCUT2D eigenvalue weighted by Gasteiger charge is -2.09. The number of thiophene rings is 1. The molecular weight excluding hydrogens is 459 g/mol. The van der Waals surface area contributed by atoms with Crippen LogP contribution in [0.3, 0.4) is 0 Å². The van der Waals surface area contributed by atoms with Crippen molar-refractivity contribution >= 4 is 38.8 Å². The van der Waals surface area contributed by atoms with Gasteiger partial charge in [-0.2, -0.15) is 0 Å². The Labute approximate surface area is 188 Å². The molecule has 168 valence electrons. The van der Waals surface area contributed by atoms with Crippen molar-refractivity contribution in [1.29, 1.82) is 0 Å². The molecule has 1 aliphatic heterocycles. The van der Waals surface area contributed by atoms with Crippen molar-refractivity contribution < 1.29 is 32.2 Å². The first-order valence-corrected chi connectivity index (χ1v) is 10.3. The highest BCUT2D eigenvalue weighted by Gasteiger charge is 2.31. The van der Waals surface area contributed by atoms with Crippen LogP contribution in [0.1, 0.15) is 9.67 Å². The molecular formula is C22H14F3N3O4S. The van der Waals surface area contributed by atoms with E-state index in [9.17, 15) is 18.0 Å². The van der Waals surface area contributed by atoms with E-state index in [0.29, 0.717) is 33.1 Å². The fourth-order valence-electron chi connectivity index (χ4n) is 3.31. The molecule has 0 saturated carbocycles. The number of nitrogen functional groups attached to an aromatic ring is 1. The smallest absolute Gasteiger partial charge is 0.454 e. The van der Waals surface area contributed by atoms with Crippen LogP contribution in [0.5, 0.6) is 17.2 Å². The zero-order valence-electron chi connectivity index (χ0n) is 16.6. The number of rotatable bonds is 4. The van der Waals surface area contributed by atoms with Crippen LogP contribution in [0.2, 0.25) is 0 Å². The van der Waals surface area contributed by atoms with Gasteiger partial charge in [0, 0.05) is 16.6 Å². The third-order valence-corrected chi connectivity index (χ3v) is 5.93. The molecule has 3 heterocycles. The Morgan fingerprint density at radius 1 is 1.06 bits per heavy atom. The van der Waals surface area contributed by atoms with Crippen molar-refractivity contribution in [2.24, 2.45) is 0 Å². The van der Waals surface area contributed by atoms with Crippen molar-refractivity contribution in [1.82, 2.24) is 4.98 Å². The van der Waals surface area contributed by atoms with Crippen molar-refractivity contribution in [2.45, 2.75) is 6.36 Å². The van der Waals surface area contributed by atoms with Gasteiger partial charge in [-0.25, -0.2) is 4.98 Å². The third kappa shape index (κ3) is 4.22. The highest BCUT2D eigenvalue weighted by molar-refractivity contribution is 7.21. The minimum atomic E-state index is -4.79. The molecule has 33 heavy (non-hydrogen) atoms. The summed E-state index contributed by atoms with van der Waals surface area (Å²) in [5.41, 5.74) is 8.24. The number of nitrogens with zero attached hydrogens (tertiary/aromatic N) is 1. The van der Waals surface area contributed by atoms with Crippen LogP contribution >= 0.6 is 11.3 Å². The lowest BCUT2D eigenvalue weighted by atomic mass is 10.1. The number of benzene rings is 2. The normalized spacial score (nSPS) is 12.7. The number of pyridine rings is 1. The quantitative estimate of drug-likeness (QED) is 0.411. The number of carbonyl (C=O) groups is 1. The van der Waals surface area contributed by atoms with E-state index in [0.717, 1.165) is 29.0 Å². The molecule has 0 radical (unpaired) electrons. The molecule has 2 aromatic heterocycles. The van der Waals surface area contributed by atoms with Gasteiger partial charge < -0.3 is 25.3 Å². The summed E-state index contributed by atoms with van der Waals surface area (Å²) in [5, 5.41) is 3.25. The molecule has 0 bridgehead atoms. The van der Waals surface area contributed by atoms with Crippen molar-refractivity contribution in [3.63, 3.8) is 0 Å². The Bertz CT molecular complexity index is 1370. The van der Waals surface area contributed by atoms with Crippen LogP contribution in [0.15, 0.2) is 54.6 Å². The summed E-state index contributed by atoms with van der Waals surface area (Å²) in [6, 6.07) is 13.9. The number of halogens is 3. The van der Waals surface area contributed by atoms with Gasteiger partial charge in [0.2, 0.25) is 6.79 Å². The van der Waals surface area contributed by atoms with Gasteiger partial charge in [-0.05, 0) is 54.6 Å². The Morgan fingerprint density at radius 2 is 1.82 bits per heavy atom. The SMILES string of the molecule is Nc1c(C(=O)Nc2ccc(OC(F)(F)F)cc2)sc2nc(-c3ccc4c(c3)OCO4)ccc12. The second kappa shape index (κ2) is 7.85. The van der Waals surface area contributed by atoms with Crippen molar-refractivity contribution in [3.8, 4) is 28.5 Å². The Hall–Kier alpha value is -3.99. The standard InChI is InChI=1S/C22H14F3N3O4S/c23-22(24,25)32-13-4-2-12(3-5-13)27-20(29)19-18(26)14-6-7-15(28-21(14)33-19)11-1-8-16-17(9-11)31-10-30-16/h1-9H,10,26H2,(H,27,29). The highest BCUT2D eigenvalue weighted by atomic mass is 32.1. The van der Waals surface area contributed by atoms with Gasteiger partial charge in [-0.15, -0.1) is 24.5 Å². The fourth-order valence-corrected chi connectivity index (χ4v) is 4.30. The molecule has 2 aromatic carbocycles. The van der Waals surface area contributed by atoms with E-state index in [2.05, 4.69) is 15.0 Å². The number of nitrogens with one attached hydrogen (secondary N) is 1. The summed E-state index contributed by atoms with van der Waals surface area (Å²) in [7, 11) is 0. The van der Waals surface area contributed by atoms with Crippen molar-refractivity contribution in [3.05, 3.63) is 59.5 Å². The molecule has 3 N–H and O–H groups in total. The summed E-state index contributed by atoms with van der Waals surface area (Å²) in [6.07, 6.45) is -4.79. The Balaban J connectivity index is 1.38. The maximum atomic E-state index is 12.8. The molecule has 11 heteroatoms. The molecule has 5 rings (SSSR count). The van der Waals surface area contributed by atoms with Crippen LogP contribution < -0.4 is 25.3 Å². The van der Waals surface area contributed by atoms with Crippen molar-refractivity contribution in [2.75, 3.05) is 17.8 Å². The van der Waals surface area contributed by atoms with Crippen LogP contribution in [-0.2, 0) is 0 Å². The summed E-state index contributed by atoms with van der Waals surface area (Å²) < 4.78 is 51.4. The van der Waals surface area contributed by atoms with E-state index >= 15 is 0 Å². The molecule has 0 aliphatic carbocycles. The van der Waals surface area contributed by atoms with Crippen LogP contribution in [0.25, 0.3) is 21.5 Å². The van der Waals surface area contributed by atoms with Gasteiger partial charge in [-0.1, -0.05) is 0 Å². The number of ether oxygens (including phenoxy) is 3. The Kier molecular flexibility index (Phi) is 4.97. The second-order valence-corrected chi connectivity index (χ2v) is 7.99. The number of fused-ring (bicyclic) bond motifs is 2. The number of nitrogens with two attached hydrogens (primary N) is 1.